The summed E-state index contributed by atoms with van der Waals surface area (Å²) in [6.45, 7) is 39.0. The van der Waals surface area contributed by atoms with Crippen LogP contribution in [0.4, 0.5) is 0 Å². The number of hydrogen-bond donors (Lipinski definition) is 14. The minimum absolute atomic E-state index is 0.663. The maximum absolute atomic E-state index is 5.93. The smallest absolute Gasteiger partial charge is 0.0108 e. The van der Waals surface area contributed by atoms with Gasteiger partial charge in [-0.05, 0) is 20.6 Å². The van der Waals surface area contributed by atoms with E-state index in [1.165, 1.54) is 0 Å². The van der Waals surface area contributed by atoms with Gasteiger partial charge in [-0.25, -0.2) is 0 Å². The van der Waals surface area contributed by atoms with Crippen LogP contribution >= 0.6 is 0 Å². The zero-order valence-electron chi connectivity index (χ0n) is 40.6. The third kappa shape index (κ3) is 40.7. The Bertz CT molecular complexity index is 848. The molecule has 0 aromatic heterocycles. The Morgan fingerprint density at radius 1 is 0.242 bits per heavy atom. The first-order valence-corrected chi connectivity index (χ1v) is 24.6. The molecule has 0 spiro atoms. The van der Waals surface area contributed by atoms with E-state index in [-0.39, 0.29) is 0 Å². The Hall–Kier alpha value is -0.800. The van der Waals surface area contributed by atoms with E-state index in [0.29, 0.717) is 32.7 Å². The van der Waals surface area contributed by atoms with E-state index in [2.05, 4.69) is 84.2 Å². The Balaban J connectivity index is 5.08. The Labute approximate surface area is 381 Å². The van der Waals surface area contributed by atoms with Crippen LogP contribution < -0.4 is 76.5 Å². The zero-order valence-corrected chi connectivity index (χ0v) is 40.6. The molecule has 0 aliphatic rings. The monoisotopic (exact) mass is 891 g/mol. The second kappa shape index (κ2) is 49.6. The summed E-state index contributed by atoms with van der Waals surface area (Å²) in [5.41, 5.74) is 29.1. The summed E-state index contributed by atoms with van der Waals surface area (Å²) >= 11 is 0. The summed E-state index contributed by atoms with van der Waals surface area (Å²) in [5, 5.41) is 32.0. The van der Waals surface area contributed by atoms with Gasteiger partial charge in [0.15, 0.2) is 0 Å². The number of nitrogens with zero attached hydrogens (tertiary/aromatic N) is 6. The lowest BCUT2D eigenvalue weighted by molar-refractivity contribution is 0.244. The van der Waals surface area contributed by atoms with Crippen molar-refractivity contribution in [3.63, 3.8) is 0 Å². The quantitative estimate of drug-likeness (QED) is 0.0253. The molecular formula is C42H106N20. The summed E-state index contributed by atoms with van der Waals surface area (Å²) in [6, 6.07) is 0. The fourth-order valence-corrected chi connectivity index (χ4v) is 7.14. The van der Waals surface area contributed by atoms with Crippen LogP contribution in [0.25, 0.3) is 0 Å². The molecular weight excluding hydrogens is 785 g/mol. The molecule has 0 rings (SSSR count). The normalized spacial score (nSPS) is 12.3. The minimum Gasteiger partial charge on any atom is -0.329 e. The summed E-state index contributed by atoms with van der Waals surface area (Å²) in [4.78, 5) is 14.9. The molecule has 0 aromatic rings. The number of nitrogens with one attached hydrogen (secondary N) is 9. The molecule has 0 saturated heterocycles. The lowest BCUT2D eigenvalue weighted by Crippen LogP contribution is -2.45. The van der Waals surface area contributed by atoms with Gasteiger partial charge in [0, 0.05) is 249 Å². The Morgan fingerprint density at radius 3 is 0.742 bits per heavy atom. The van der Waals surface area contributed by atoms with Crippen LogP contribution in [0.1, 0.15) is 6.92 Å². The molecule has 0 aliphatic heterocycles. The maximum Gasteiger partial charge on any atom is 0.0108 e. The first kappa shape index (κ1) is 61.2. The van der Waals surface area contributed by atoms with Crippen LogP contribution in [-0.4, -0.2) is 299 Å². The van der Waals surface area contributed by atoms with Crippen LogP contribution in [0.15, 0.2) is 0 Å². The number of nitrogens with two attached hydrogens (primary N) is 5. The van der Waals surface area contributed by atoms with Gasteiger partial charge in [-0.15, -0.1) is 0 Å². The zero-order chi connectivity index (χ0) is 45.4. The first-order valence-electron chi connectivity index (χ1n) is 24.6. The van der Waals surface area contributed by atoms with Crippen molar-refractivity contribution in [2.24, 2.45) is 28.7 Å². The lowest BCUT2D eigenvalue weighted by atomic mass is 10.3. The Morgan fingerprint density at radius 2 is 0.468 bits per heavy atom. The summed E-state index contributed by atoms with van der Waals surface area (Å²) in [5.74, 6) is 0. The summed E-state index contributed by atoms with van der Waals surface area (Å²) in [6.07, 6.45) is 0. The second-order valence-corrected chi connectivity index (χ2v) is 16.0. The van der Waals surface area contributed by atoms with Crippen molar-refractivity contribution < 1.29 is 0 Å². The van der Waals surface area contributed by atoms with Gasteiger partial charge in [-0.2, -0.15) is 0 Å². The van der Waals surface area contributed by atoms with E-state index >= 15 is 0 Å². The minimum atomic E-state index is 0.663. The molecule has 19 N–H and O–H groups in total. The molecule has 0 aliphatic carbocycles. The molecule has 20 heteroatoms. The molecule has 0 amide bonds. The van der Waals surface area contributed by atoms with Crippen LogP contribution in [0.5, 0.6) is 0 Å². The molecule has 0 heterocycles. The Kier molecular flexibility index (Phi) is 49.0. The average molecular weight is 891 g/mol. The van der Waals surface area contributed by atoms with Crippen LogP contribution in [0.3, 0.4) is 0 Å². The molecule has 0 radical (unpaired) electrons. The highest BCUT2D eigenvalue weighted by molar-refractivity contribution is 4.71. The van der Waals surface area contributed by atoms with Gasteiger partial charge >= 0.3 is 0 Å². The highest BCUT2D eigenvalue weighted by Gasteiger charge is 2.10. The van der Waals surface area contributed by atoms with Gasteiger partial charge in [-0.1, -0.05) is 6.92 Å². The van der Waals surface area contributed by atoms with Crippen molar-refractivity contribution in [3.05, 3.63) is 0 Å². The van der Waals surface area contributed by atoms with E-state index in [4.69, 9.17) is 28.7 Å². The van der Waals surface area contributed by atoms with Crippen molar-refractivity contribution in [1.82, 2.24) is 77.3 Å². The molecule has 0 bridgehead atoms. The van der Waals surface area contributed by atoms with Gasteiger partial charge in [0.2, 0.25) is 0 Å². The highest BCUT2D eigenvalue weighted by atomic mass is 15.2. The van der Waals surface area contributed by atoms with Crippen molar-refractivity contribution in [2.45, 2.75) is 6.92 Å². The lowest BCUT2D eigenvalue weighted by Gasteiger charge is -2.26. The fraction of sp³-hybridized carbons (Fsp3) is 1.00. The molecule has 62 heavy (non-hydrogen) atoms. The summed E-state index contributed by atoms with van der Waals surface area (Å²) in [7, 11) is 4.01. The second-order valence-electron chi connectivity index (χ2n) is 16.0. The SMILES string of the molecule is CCN(CCN)CCNCCN(CCNCCN(CCN)CCNCCNC)CCNCCN(CCNCCN(CCN)CCN)CCNCCN(CCNC)CCNCCN. The van der Waals surface area contributed by atoms with E-state index in [1.54, 1.807) is 0 Å². The summed E-state index contributed by atoms with van der Waals surface area (Å²) < 4.78 is 0. The predicted molar refractivity (Wildman–Crippen MR) is 268 cm³/mol. The molecule has 0 saturated carbocycles. The van der Waals surface area contributed by atoms with Crippen LogP contribution in [-0.2, 0) is 0 Å². The molecule has 0 unspecified atom stereocenters. The van der Waals surface area contributed by atoms with Gasteiger partial charge in [0.1, 0.15) is 0 Å². The van der Waals surface area contributed by atoms with Crippen molar-refractivity contribution in [3.8, 4) is 0 Å². The van der Waals surface area contributed by atoms with Gasteiger partial charge < -0.3 is 81.4 Å². The van der Waals surface area contributed by atoms with Crippen molar-refractivity contribution in [2.75, 3.05) is 269 Å². The van der Waals surface area contributed by atoms with E-state index < -0.39 is 0 Å². The highest BCUT2D eigenvalue weighted by Crippen LogP contribution is 1.92. The standard InChI is InChI=1S/C42H106N20/c1-4-57(26-6-44)31-14-52-20-37-61(39-22-54-18-34-59(29-9-47)33-16-51-12-11-48-2)41-24-56-25-42-62(38-21-53-17-32-58(27-7-45)28-8-46)40-23-55-19-36-60(30-13-49-3)35-15-50-10-5-43/h48-56H,4-47H2,1-3H3. The third-order valence-corrected chi connectivity index (χ3v) is 11.0. The number of hydrogen-bond acceptors (Lipinski definition) is 20. The molecule has 0 atom stereocenters. The molecule has 20 nitrogen and oxygen atoms in total. The van der Waals surface area contributed by atoms with Crippen molar-refractivity contribution in [1.29, 1.82) is 0 Å². The van der Waals surface area contributed by atoms with E-state index in [1.807, 2.05) is 14.1 Å². The molecule has 374 valence electrons. The average Bonchev–Trinajstić information content (AvgIpc) is 3.27. The molecule has 0 fully saturated rings. The maximum atomic E-state index is 5.93. The van der Waals surface area contributed by atoms with Gasteiger partial charge in [-0.3, -0.25) is 24.5 Å². The predicted octanol–water partition coefficient (Wildman–Crippen LogP) is -6.82. The topological polar surface area (TPSA) is 258 Å². The third-order valence-electron chi connectivity index (χ3n) is 11.0. The number of rotatable bonds is 53. The van der Waals surface area contributed by atoms with Gasteiger partial charge in [0.05, 0.1) is 0 Å². The largest absolute Gasteiger partial charge is 0.329 e. The van der Waals surface area contributed by atoms with Crippen molar-refractivity contribution >= 4 is 0 Å². The van der Waals surface area contributed by atoms with E-state index in [9.17, 15) is 0 Å². The van der Waals surface area contributed by atoms with Crippen LogP contribution in [0, 0.1) is 0 Å². The van der Waals surface area contributed by atoms with Gasteiger partial charge in [0.25, 0.3) is 0 Å². The number of likely N-dealkylation sites (N-methyl/N-ethyl adjacent to an activating group) is 3. The van der Waals surface area contributed by atoms with Crippen LogP contribution in [0.2, 0.25) is 0 Å². The first-order chi connectivity index (χ1) is 30.5. The fourth-order valence-electron chi connectivity index (χ4n) is 7.14. The van der Waals surface area contributed by atoms with E-state index in [0.717, 1.165) is 223 Å². The molecule has 0 aromatic carbocycles.